The van der Waals surface area contributed by atoms with E-state index in [1.54, 1.807) is 12.3 Å². The van der Waals surface area contributed by atoms with E-state index >= 15 is 0 Å². The molecule has 0 radical (unpaired) electrons. The van der Waals surface area contributed by atoms with Gasteiger partial charge >= 0.3 is 12.2 Å². The molecular weight excluding hydrogens is 551 g/mol. The van der Waals surface area contributed by atoms with Gasteiger partial charge in [0.25, 0.3) is 5.56 Å². The summed E-state index contributed by atoms with van der Waals surface area (Å²) in [6.45, 7) is 1.35. The summed E-state index contributed by atoms with van der Waals surface area (Å²) in [5.74, 6) is 0.329. The molecule has 4 aromatic rings. The topological polar surface area (TPSA) is 113 Å². The number of aromatic nitrogens is 3. The van der Waals surface area contributed by atoms with E-state index in [0.29, 0.717) is 23.4 Å². The van der Waals surface area contributed by atoms with Gasteiger partial charge in [0.05, 0.1) is 11.1 Å². The summed E-state index contributed by atoms with van der Waals surface area (Å²) in [4.78, 5) is 41.9. The number of fused-ring (bicyclic) bond motifs is 1. The Kier molecular flexibility index (Phi) is 8.45. The molecule has 0 aliphatic heterocycles. The number of carbonyl (C=O) groups excluding carboxylic acids is 1. The van der Waals surface area contributed by atoms with Crippen molar-refractivity contribution in [1.82, 2.24) is 19.6 Å². The average Bonchev–Trinajstić information content (AvgIpc) is 2.89. The second-order valence-electron chi connectivity index (χ2n) is 8.89. The molecule has 2 heterocycles. The lowest BCUT2D eigenvalue weighted by molar-refractivity contribution is -0.137. The number of likely N-dealkylation sites (N-methyl/N-ethyl adjacent to an activating group) is 1. The lowest BCUT2D eigenvalue weighted by Crippen LogP contribution is -2.28. The van der Waals surface area contributed by atoms with Crippen LogP contribution in [0.4, 0.5) is 35.3 Å². The summed E-state index contributed by atoms with van der Waals surface area (Å²) in [6, 6.07) is 9.39. The molecule has 40 heavy (non-hydrogen) atoms. The van der Waals surface area contributed by atoms with Gasteiger partial charge in [-0.05, 0) is 62.6 Å². The number of halogens is 4. The minimum atomic E-state index is -4.48. The van der Waals surface area contributed by atoms with E-state index in [1.165, 1.54) is 25.3 Å². The molecule has 0 bridgehead atoms. The fraction of sp³-hybridized carbons (Fsp3) is 0.231. The third-order valence-corrected chi connectivity index (χ3v) is 6.04. The van der Waals surface area contributed by atoms with Gasteiger partial charge in [-0.1, -0.05) is 11.6 Å². The van der Waals surface area contributed by atoms with Gasteiger partial charge in [0.2, 0.25) is 5.95 Å². The summed E-state index contributed by atoms with van der Waals surface area (Å²) < 4.78 is 39.4. The van der Waals surface area contributed by atoms with Gasteiger partial charge in [-0.3, -0.25) is 4.79 Å². The first-order chi connectivity index (χ1) is 19.0. The zero-order valence-corrected chi connectivity index (χ0v) is 22.4. The predicted octanol–water partition coefficient (Wildman–Crippen LogP) is 4.81. The molecule has 2 aromatic heterocycles. The lowest BCUT2D eigenvalue weighted by Gasteiger charge is -2.14. The van der Waals surface area contributed by atoms with Gasteiger partial charge in [-0.2, -0.15) is 18.2 Å². The standard InChI is InChI=1S/C26H25ClF3N7O3/c1-36(2)11-10-31-24-32-14-15-12-20(23(38)37(40-3)22(15)35-24)19-13-18(8-9-21(19)27)34-25(39)33-17-6-4-16(5-7-17)26(28,29)30/h4-9,12-14H,10-11H2,1-3H3,(H,31,32,35)(H2,33,34,39). The third kappa shape index (κ3) is 6.61. The SMILES string of the molecule is COn1c(=O)c(-c2cc(NC(=O)Nc3ccc(C(F)(F)F)cc3)ccc2Cl)cc2cnc(NCCN(C)C)nc21. The van der Waals surface area contributed by atoms with Gasteiger partial charge in [-0.25, -0.2) is 9.78 Å². The van der Waals surface area contributed by atoms with Gasteiger partial charge in [0.15, 0.2) is 5.65 Å². The van der Waals surface area contributed by atoms with Gasteiger partial charge in [0.1, 0.15) is 7.11 Å². The highest BCUT2D eigenvalue weighted by Gasteiger charge is 2.30. The fourth-order valence-corrected chi connectivity index (χ4v) is 3.97. The van der Waals surface area contributed by atoms with Crippen LogP contribution in [0, 0.1) is 0 Å². The van der Waals surface area contributed by atoms with E-state index in [-0.39, 0.29) is 27.6 Å². The molecule has 210 valence electrons. The van der Waals surface area contributed by atoms with Crippen molar-refractivity contribution < 1.29 is 22.8 Å². The lowest BCUT2D eigenvalue weighted by atomic mass is 10.1. The Labute approximate surface area is 231 Å². The molecule has 0 aliphatic rings. The van der Waals surface area contributed by atoms with Crippen LogP contribution in [0.2, 0.25) is 5.02 Å². The molecule has 2 aromatic carbocycles. The normalized spacial score (nSPS) is 11.5. The van der Waals surface area contributed by atoms with Crippen molar-refractivity contribution in [2.45, 2.75) is 6.18 Å². The molecule has 0 fully saturated rings. The maximum atomic E-state index is 13.4. The molecule has 0 saturated heterocycles. The number of carbonyl (C=O) groups is 1. The number of rotatable bonds is 8. The number of urea groups is 1. The number of nitrogens with zero attached hydrogens (tertiary/aromatic N) is 4. The molecule has 4 rings (SSSR count). The number of nitrogens with one attached hydrogen (secondary N) is 3. The van der Waals surface area contributed by atoms with Gasteiger partial charge < -0.3 is 25.7 Å². The maximum Gasteiger partial charge on any atom is 0.416 e. The van der Waals surface area contributed by atoms with Crippen LogP contribution in [-0.4, -0.2) is 59.9 Å². The first kappa shape index (κ1) is 28.6. The number of anilines is 3. The number of pyridine rings is 1. The van der Waals surface area contributed by atoms with Crippen molar-refractivity contribution >= 4 is 46.0 Å². The highest BCUT2D eigenvalue weighted by molar-refractivity contribution is 6.33. The Morgan fingerprint density at radius 2 is 1.73 bits per heavy atom. The molecule has 0 unspecified atom stereocenters. The van der Waals surface area contributed by atoms with E-state index in [2.05, 4.69) is 25.9 Å². The first-order valence-corrected chi connectivity index (χ1v) is 12.2. The predicted molar refractivity (Wildman–Crippen MR) is 148 cm³/mol. The minimum Gasteiger partial charge on any atom is -0.412 e. The second kappa shape index (κ2) is 11.8. The van der Waals surface area contributed by atoms with Crippen LogP contribution in [0.3, 0.4) is 0 Å². The largest absolute Gasteiger partial charge is 0.416 e. The molecule has 0 aliphatic carbocycles. The average molecular weight is 576 g/mol. The Morgan fingerprint density at radius 3 is 2.38 bits per heavy atom. The Morgan fingerprint density at radius 1 is 1.05 bits per heavy atom. The molecule has 0 saturated carbocycles. The van der Waals surface area contributed by atoms with Crippen LogP contribution in [0.25, 0.3) is 22.2 Å². The third-order valence-electron chi connectivity index (χ3n) is 5.71. The highest BCUT2D eigenvalue weighted by Crippen LogP contribution is 2.31. The van der Waals surface area contributed by atoms with Crippen molar-refractivity contribution in [2.75, 3.05) is 50.2 Å². The number of benzene rings is 2. The van der Waals surface area contributed by atoms with E-state index < -0.39 is 23.3 Å². The Bertz CT molecular complexity index is 1590. The number of hydrogen-bond acceptors (Lipinski definition) is 7. The molecule has 10 nitrogen and oxygen atoms in total. The van der Waals surface area contributed by atoms with Crippen molar-refractivity contribution in [1.29, 1.82) is 0 Å². The van der Waals surface area contributed by atoms with Crippen molar-refractivity contribution in [3.8, 4) is 11.1 Å². The summed E-state index contributed by atoms with van der Waals surface area (Å²) >= 11 is 6.42. The van der Waals surface area contributed by atoms with E-state index in [9.17, 15) is 22.8 Å². The highest BCUT2D eigenvalue weighted by atomic mass is 35.5. The maximum absolute atomic E-state index is 13.4. The summed E-state index contributed by atoms with van der Waals surface area (Å²) in [5, 5.41) is 8.88. The molecule has 3 N–H and O–H groups in total. The molecule has 2 amide bonds. The fourth-order valence-electron chi connectivity index (χ4n) is 3.75. The molecular formula is C26H25ClF3N7O3. The molecule has 0 spiro atoms. The Hall–Kier alpha value is -4.36. The number of amides is 2. The minimum absolute atomic E-state index is 0.160. The number of hydrogen-bond donors (Lipinski definition) is 3. The Balaban J connectivity index is 1.59. The van der Waals surface area contributed by atoms with Crippen LogP contribution >= 0.6 is 11.6 Å². The van der Waals surface area contributed by atoms with E-state index in [0.717, 1.165) is 35.5 Å². The van der Waals surface area contributed by atoms with Crippen LogP contribution in [0.1, 0.15) is 5.56 Å². The van der Waals surface area contributed by atoms with E-state index in [4.69, 9.17) is 16.4 Å². The quantitative estimate of drug-likeness (QED) is 0.276. The summed E-state index contributed by atoms with van der Waals surface area (Å²) in [7, 11) is 5.21. The summed E-state index contributed by atoms with van der Waals surface area (Å²) in [6.07, 6.45) is -2.94. The second-order valence-corrected chi connectivity index (χ2v) is 9.30. The molecule has 0 atom stereocenters. The zero-order valence-electron chi connectivity index (χ0n) is 21.6. The first-order valence-electron chi connectivity index (χ1n) is 11.9. The van der Waals surface area contributed by atoms with Crippen LogP contribution in [0.15, 0.2) is 59.5 Å². The van der Waals surface area contributed by atoms with Gasteiger partial charge in [-0.15, -0.1) is 4.73 Å². The molecule has 14 heteroatoms. The van der Waals surface area contributed by atoms with E-state index in [1.807, 2.05) is 19.0 Å². The number of alkyl halides is 3. The van der Waals surface area contributed by atoms with Crippen molar-refractivity contribution in [3.05, 3.63) is 75.7 Å². The van der Waals surface area contributed by atoms with Gasteiger partial charge in [0, 0.05) is 46.6 Å². The monoisotopic (exact) mass is 575 g/mol. The smallest absolute Gasteiger partial charge is 0.412 e. The summed E-state index contributed by atoms with van der Waals surface area (Å²) in [5.41, 5.74) is -0.207. The van der Waals surface area contributed by atoms with Crippen LogP contribution in [0.5, 0.6) is 0 Å². The van der Waals surface area contributed by atoms with Crippen molar-refractivity contribution in [2.24, 2.45) is 0 Å². The van der Waals surface area contributed by atoms with Crippen LogP contribution < -0.4 is 26.3 Å². The zero-order chi connectivity index (χ0) is 29.0. The van der Waals surface area contributed by atoms with Crippen molar-refractivity contribution in [3.63, 3.8) is 0 Å². The van der Waals surface area contributed by atoms with Crippen LogP contribution in [-0.2, 0) is 6.18 Å².